The van der Waals surface area contributed by atoms with E-state index in [1.807, 2.05) is 0 Å². The Labute approximate surface area is 182 Å². The van der Waals surface area contributed by atoms with Gasteiger partial charge in [0.25, 0.3) is 0 Å². The molecule has 2 fully saturated rings. The van der Waals surface area contributed by atoms with Gasteiger partial charge in [-0.3, -0.25) is 0 Å². The van der Waals surface area contributed by atoms with E-state index in [0.717, 1.165) is 50.5 Å². The molecule has 2 aromatic rings. The van der Waals surface area contributed by atoms with Gasteiger partial charge in [0.2, 0.25) is 0 Å². The van der Waals surface area contributed by atoms with Crippen molar-refractivity contribution < 1.29 is 22.1 Å². The highest BCUT2D eigenvalue weighted by molar-refractivity contribution is 7.90. The fourth-order valence-electron chi connectivity index (χ4n) is 4.34. The minimum absolute atomic E-state index is 0.0108. The zero-order valence-corrected chi connectivity index (χ0v) is 19.1. The highest BCUT2D eigenvalue weighted by Crippen LogP contribution is 2.48. The molecular formula is C22H30FN3O4S. The summed E-state index contributed by atoms with van der Waals surface area (Å²) in [5.41, 5.74) is 0.387. The molecule has 7 nitrogen and oxygen atoms in total. The Balaban J connectivity index is 1.20. The van der Waals surface area contributed by atoms with Crippen molar-refractivity contribution in [2.45, 2.75) is 50.5 Å². The van der Waals surface area contributed by atoms with Gasteiger partial charge in [0.15, 0.2) is 15.7 Å². The lowest BCUT2D eigenvalue weighted by molar-refractivity contribution is 0.102. The minimum Gasteiger partial charge on any atom is -0.376 e. The molecule has 170 valence electrons. The Morgan fingerprint density at radius 2 is 2.03 bits per heavy atom. The third-order valence-corrected chi connectivity index (χ3v) is 7.49. The van der Waals surface area contributed by atoms with E-state index in [1.165, 1.54) is 12.1 Å². The van der Waals surface area contributed by atoms with E-state index in [9.17, 15) is 12.8 Å². The normalized spacial score (nSPS) is 22.3. The second-order valence-corrected chi connectivity index (χ2v) is 11.1. The summed E-state index contributed by atoms with van der Waals surface area (Å²) < 4.78 is 48.3. The molecule has 0 radical (unpaired) electrons. The maximum atomic E-state index is 14.1. The van der Waals surface area contributed by atoms with Crippen LogP contribution in [0.3, 0.4) is 0 Å². The summed E-state index contributed by atoms with van der Waals surface area (Å²) in [6, 6.07) is 4.61. The van der Waals surface area contributed by atoms with Crippen LogP contribution in [0.25, 0.3) is 0 Å². The van der Waals surface area contributed by atoms with E-state index in [4.69, 9.17) is 9.26 Å². The van der Waals surface area contributed by atoms with Crippen LogP contribution in [-0.2, 0) is 21.2 Å². The maximum Gasteiger partial charge on any atom is 0.324 e. The number of anilines is 1. The van der Waals surface area contributed by atoms with Crippen LogP contribution < -0.4 is 4.90 Å². The van der Waals surface area contributed by atoms with E-state index >= 15 is 0 Å². The summed E-state index contributed by atoms with van der Waals surface area (Å²) in [6.07, 6.45) is 4.42. The van der Waals surface area contributed by atoms with E-state index in [0.29, 0.717) is 35.9 Å². The Kier molecular flexibility index (Phi) is 6.35. The van der Waals surface area contributed by atoms with Crippen molar-refractivity contribution in [1.29, 1.82) is 0 Å². The second kappa shape index (κ2) is 8.86. The molecular weight excluding hydrogens is 421 g/mol. The monoisotopic (exact) mass is 451 g/mol. The Morgan fingerprint density at radius 1 is 1.29 bits per heavy atom. The predicted molar refractivity (Wildman–Crippen MR) is 114 cm³/mol. The van der Waals surface area contributed by atoms with E-state index < -0.39 is 15.7 Å². The Bertz CT molecular complexity index is 1020. The number of rotatable bonds is 8. The van der Waals surface area contributed by atoms with Crippen LogP contribution in [0.15, 0.2) is 27.6 Å². The maximum absolute atomic E-state index is 14.1. The van der Waals surface area contributed by atoms with Crippen molar-refractivity contribution in [2.24, 2.45) is 17.8 Å². The van der Waals surface area contributed by atoms with Crippen molar-refractivity contribution in [3.63, 3.8) is 0 Å². The van der Waals surface area contributed by atoms with Gasteiger partial charge in [-0.15, -0.1) is 0 Å². The van der Waals surface area contributed by atoms with Gasteiger partial charge in [-0.25, -0.2) is 12.8 Å². The van der Waals surface area contributed by atoms with Crippen LogP contribution in [0.2, 0.25) is 0 Å². The molecule has 0 unspecified atom stereocenters. The van der Waals surface area contributed by atoms with Crippen molar-refractivity contribution in [1.82, 2.24) is 10.1 Å². The molecule has 1 saturated carbocycles. The first-order chi connectivity index (χ1) is 14.7. The molecule has 9 heteroatoms. The van der Waals surface area contributed by atoms with Gasteiger partial charge in [-0.2, -0.15) is 4.98 Å². The number of nitrogens with zero attached hydrogens (tertiary/aromatic N) is 3. The SMILES string of the molecule is CC(C)c1noc(N2CCC([C@H]3C[C@H]3COCc3ccc(S(C)(=O)=O)cc3F)CC2)n1. The number of aromatic nitrogens is 2. The van der Waals surface area contributed by atoms with Crippen molar-refractivity contribution in [3.8, 4) is 0 Å². The summed E-state index contributed by atoms with van der Waals surface area (Å²) in [7, 11) is -3.41. The molecule has 1 aliphatic heterocycles. The summed E-state index contributed by atoms with van der Waals surface area (Å²) in [4.78, 5) is 6.66. The highest BCUT2D eigenvalue weighted by Gasteiger charge is 2.43. The lowest BCUT2D eigenvalue weighted by Crippen LogP contribution is -2.34. The summed E-state index contributed by atoms with van der Waals surface area (Å²) >= 11 is 0. The average Bonchev–Trinajstić information content (AvgIpc) is 3.31. The van der Waals surface area contributed by atoms with Gasteiger partial charge < -0.3 is 14.2 Å². The standard InChI is InChI=1S/C22H30FN3O4S/c1-14(2)21-24-22(30-25-21)26-8-6-15(7-9-26)19-10-17(19)13-29-12-16-4-5-18(11-20(16)23)31(3,27)28/h4-5,11,14-15,17,19H,6-10,12-13H2,1-3H3/t17-,19+/m0/s1. The van der Waals surface area contributed by atoms with Gasteiger partial charge in [0, 0.05) is 30.8 Å². The summed E-state index contributed by atoms with van der Waals surface area (Å²) in [5, 5.41) is 4.05. The topological polar surface area (TPSA) is 85.5 Å². The minimum atomic E-state index is -3.41. The number of hydrogen-bond acceptors (Lipinski definition) is 7. The molecule has 2 aliphatic rings. The van der Waals surface area contributed by atoms with E-state index in [-0.39, 0.29) is 17.4 Å². The quantitative estimate of drug-likeness (QED) is 0.603. The van der Waals surface area contributed by atoms with Gasteiger partial charge in [-0.05, 0) is 49.1 Å². The van der Waals surface area contributed by atoms with E-state index in [2.05, 4.69) is 28.9 Å². The number of piperidine rings is 1. The molecule has 0 N–H and O–H groups in total. The van der Waals surface area contributed by atoms with Crippen LogP contribution in [-0.4, -0.2) is 44.5 Å². The molecule has 4 rings (SSSR count). The number of hydrogen-bond donors (Lipinski definition) is 0. The third kappa shape index (κ3) is 5.26. The molecule has 1 saturated heterocycles. The van der Waals surface area contributed by atoms with Crippen molar-refractivity contribution >= 4 is 15.9 Å². The van der Waals surface area contributed by atoms with Gasteiger partial charge in [-0.1, -0.05) is 25.1 Å². The van der Waals surface area contributed by atoms with Crippen molar-refractivity contribution in [2.75, 3.05) is 30.9 Å². The van der Waals surface area contributed by atoms with Crippen LogP contribution in [0.5, 0.6) is 0 Å². The van der Waals surface area contributed by atoms with Gasteiger partial charge >= 0.3 is 6.01 Å². The average molecular weight is 452 g/mol. The van der Waals surface area contributed by atoms with Crippen LogP contribution in [0.1, 0.15) is 50.4 Å². The largest absolute Gasteiger partial charge is 0.376 e. The molecule has 1 aliphatic carbocycles. The molecule has 0 amide bonds. The fraction of sp³-hybridized carbons (Fsp3) is 0.636. The zero-order valence-electron chi connectivity index (χ0n) is 18.3. The van der Waals surface area contributed by atoms with Crippen molar-refractivity contribution in [3.05, 3.63) is 35.4 Å². The van der Waals surface area contributed by atoms with Crippen LogP contribution >= 0.6 is 0 Å². The fourth-order valence-corrected chi connectivity index (χ4v) is 4.98. The Morgan fingerprint density at radius 3 is 2.65 bits per heavy atom. The first-order valence-corrected chi connectivity index (χ1v) is 12.8. The summed E-state index contributed by atoms with van der Waals surface area (Å²) in [6.45, 7) is 6.72. The van der Waals surface area contributed by atoms with E-state index in [1.54, 1.807) is 0 Å². The molecule has 1 aromatic heterocycles. The first-order valence-electron chi connectivity index (χ1n) is 10.9. The lowest BCUT2D eigenvalue weighted by Gasteiger charge is -2.30. The third-order valence-electron chi connectivity index (χ3n) is 6.38. The zero-order chi connectivity index (χ0) is 22.2. The molecule has 0 bridgehead atoms. The molecule has 1 aromatic carbocycles. The molecule has 0 spiro atoms. The second-order valence-electron chi connectivity index (χ2n) is 9.11. The van der Waals surface area contributed by atoms with Crippen LogP contribution in [0, 0.1) is 23.6 Å². The first kappa shape index (κ1) is 22.2. The summed E-state index contributed by atoms with van der Waals surface area (Å²) in [5.74, 6) is 2.32. The number of halogens is 1. The van der Waals surface area contributed by atoms with Gasteiger partial charge in [0.1, 0.15) is 5.82 Å². The number of ether oxygens (including phenoxy) is 1. The smallest absolute Gasteiger partial charge is 0.324 e. The highest BCUT2D eigenvalue weighted by atomic mass is 32.2. The molecule has 31 heavy (non-hydrogen) atoms. The number of sulfone groups is 1. The van der Waals surface area contributed by atoms with Gasteiger partial charge in [0.05, 0.1) is 18.1 Å². The Hall–Kier alpha value is -2.00. The number of benzene rings is 1. The molecule has 2 heterocycles. The molecule has 2 atom stereocenters. The van der Waals surface area contributed by atoms with Crippen LogP contribution in [0.4, 0.5) is 10.4 Å². The predicted octanol–water partition coefficient (Wildman–Crippen LogP) is 3.80. The lowest BCUT2D eigenvalue weighted by atomic mass is 9.91.